The monoisotopic (exact) mass is 413 g/mol. The molecule has 160 valence electrons. The Balaban J connectivity index is 0.000000343. The molecule has 7 heteroatoms. The zero-order valence-electron chi connectivity index (χ0n) is 17.3. The van der Waals surface area contributed by atoms with E-state index < -0.39 is 11.9 Å². The van der Waals surface area contributed by atoms with Crippen LogP contribution < -0.4 is 14.8 Å². The van der Waals surface area contributed by atoms with Gasteiger partial charge in [-0.1, -0.05) is 30.3 Å². The van der Waals surface area contributed by atoms with E-state index in [0.29, 0.717) is 12.2 Å². The summed E-state index contributed by atoms with van der Waals surface area (Å²) in [6.07, 6.45) is 2.01. The first-order valence-corrected chi connectivity index (χ1v) is 9.57. The summed E-state index contributed by atoms with van der Waals surface area (Å²) in [5, 5.41) is 19.1. The second kappa shape index (κ2) is 10.5. The van der Waals surface area contributed by atoms with Crippen molar-refractivity contribution < 1.29 is 29.3 Å². The zero-order valence-corrected chi connectivity index (χ0v) is 17.3. The minimum atomic E-state index is -1.26. The van der Waals surface area contributed by atoms with Gasteiger partial charge in [-0.3, -0.25) is 0 Å². The fourth-order valence-electron chi connectivity index (χ4n) is 2.74. The molecule has 1 atom stereocenters. The number of hydrogen-bond acceptors (Lipinski definition) is 5. The molecule has 3 rings (SSSR count). The van der Waals surface area contributed by atoms with Gasteiger partial charge < -0.3 is 25.0 Å². The van der Waals surface area contributed by atoms with E-state index in [9.17, 15) is 9.59 Å². The van der Waals surface area contributed by atoms with Crippen molar-refractivity contribution in [1.82, 2.24) is 5.32 Å². The predicted molar refractivity (Wildman–Crippen MR) is 113 cm³/mol. The molecule has 0 aliphatic carbocycles. The summed E-state index contributed by atoms with van der Waals surface area (Å²) >= 11 is 0. The van der Waals surface area contributed by atoms with Crippen LogP contribution in [0.1, 0.15) is 38.9 Å². The molecule has 0 saturated heterocycles. The Labute approximate surface area is 176 Å². The third kappa shape index (κ3) is 7.60. The SMILES string of the molecule is CC(C)(C)NCCC1Oc2ccccc2Oc2ccccc21.O=C(O)/C=C/C(=O)O. The van der Waals surface area contributed by atoms with Crippen LogP contribution in [0.4, 0.5) is 0 Å². The molecule has 3 N–H and O–H groups in total. The minimum absolute atomic E-state index is 0.00491. The van der Waals surface area contributed by atoms with Crippen LogP contribution in [0, 0.1) is 0 Å². The van der Waals surface area contributed by atoms with E-state index in [0.717, 1.165) is 35.8 Å². The molecule has 0 aromatic heterocycles. The van der Waals surface area contributed by atoms with Gasteiger partial charge >= 0.3 is 11.9 Å². The zero-order chi connectivity index (χ0) is 22.1. The van der Waals surface area contributed by atoms with E-state index >= 15 is 0 Å². The van der Waals surface area contributed by atoms with Crippen molar-refractivity contribution in [3.63, 3.8) is 0 Å². The van der Waals surface area contributed by atoms with Crippen molar-refractivity contribution in [3.05, 3.63) is 66.2 Å². The fourth-order valence-corrected chi connectivity index (χ4v) is 2.74. The molecule has 2 aromatic rings. The van der Waals surface area contributed by atoms with Crippen molar-refractivity contribution in [2.24, 2.45) is 0 Å². The number of fused-ring (bicyclic) bond motifs is 2. The van der Waals surface area contributed by atoms with Gasteiger partial charge in [-0.15, -0.1) is 0 Å². The molecule has 0 fully saturated rings. The Morgan fingerprint density at radius 1 is 0.933 bits per heavy atom. The average Bonchev–Trinajstić information content (AvgIpc) is 2.82. The number of benzene rings is 2. The van der Waals surface area contributed by atoms with Gasteiger partial charge in [0, 0.05) is 29.7 Å². The maximum absolute atomic E-state index is 9.55. The fraction of sp³-hybridized carbons (Fsp3) is 0.304. The smallest absolute Gasteiger partial charge is 0.328 e. The molecule has 0 amide bonds. The van der Waals surface area contributed by atoms with Crippen molar-refractivity contribution >= 4 is 11.9 Å². The predicted octanol–water partition coefficient (Wildman–Crippen LogP) is 4.40. The summed E-state index contributed by atoms with van der Waals surface area (Å²) in [5.41, 5.74) is 1.22. The Morgan fingerprint density at radius 3 is 2.03 bits per heavy atom. The summed E-state index contributed by atoms with van der Waals surface area (Å²) < 4.78 is 12.3. The van der Waals surface area contributed by atoms with Crippen LogP contribution >= 0.6 is 0 Å². The second-order valence-electron chi connectivity index (χ2n) is 7.67. The summed E-state index contributed by atoms with van der Waals surface area (Å²) in [5.74, 6) is -0.0475. The van der Waals surface area contributed by atoms with Crippen LogP contribution in [-0.2, 0) is 9.59 Å². The van der Waals surface area contributed by atoms with Crippen molar-refractivity contribution in [1.29, 1.82) is 0 Å². The lowest BCUT2D eigenvalue weighted by Crippen LogP contribution is -2.37. The highest BCUT2D eigenvalue weighted by Gasteiger charge is 2.24. The van der Waals surface area contributed by atoms with E-state index in [1.54, 1.807) is 0 Å². The molecule has 0 saturated carbocycles. The normalized spacial score (nSPS) is 14.8. The molecule has 7 nitrogen and oxygen atoms in total. The lowest BCUT2D eigenvalue weighted by Gasteiger charge is -2.23. The first-order chi connectivity index (χ1) is 14.2. The quantitative estimate of drug-likeness (QED) is 0.624. The molecule has 1 heterocycles. The van der Waals surface area contributed by atoms with Gasteiger partial charge in [0.1, 0.15) is 11.9 Å². The van der Waals surface area contributed by atoms with Crippen molar-refractivity contribution in [2.45, 2.75) is 38.8 Å². The largest absolute Gasteiger partial charge is 0.482 e. The van der Waals surface area contributed by atoms with Gasteiger partial charge in [-0.2, -0.15) is 0 Å². The number of aliphatic carboxylic acids is 2. The third-order valence-electron chi connectivity index (χ3n) is 4.03. The highest BCUT2D eigenvalue weighted by Crippen LogP contribution is 2.42. The number of ether oxygens (including phenoxy) is 2. The topological polar surface area (TPSA) is 105 Å². The molecule has 0 spiro atoms. The maximum atomic E-state index is 9.55. The summed E-state index contributed by atoms with van der Waals surface area (Å²) in [6, 6.07) is 16.0. The summed E-state index contributed by atoms with van der Waals surface area (Å²) in [4.78, 5) is 19.1. The van der Waals surface area contributed by atoms with Crippen LogP contribution in [0.5, 0.6) is 17.2 Å². The molecule has 1 unspecified atom stereocenters. The van der Waals surface area contributed by atoms with Gasteiger partial charge in [0.05, 0.1) is 0 Å². The van der Waals surface area contributed by atoms with E-state index in [4.69, 9.17) is 19.7 Å². The maximum Gasteiger partial charge on any atom is 0.328 e. The van der Waals surface area contributed by atoms with Gasteiger partial charge in [0.2, 0.25) is 0 Å². The molecule has 0 radical (unpaired) electrons. The molecular weight excluding hydrogens is 386 g/mol. The Hall–Kier alpha value is -3.32. The molecule has 30 heavy (non-hydrogen) atoms. The molecule has 1 aliphatic heterocycles. The third-order valence-corrected chi connectivity index (χ3v) is 4.03. The molecule has 0 bridgehead atoms. The van der Waals surface area contributed by atoms with E-state index in [1.807, 2.05) is 42.5 Å². The lowest BCUT2D eigenvalue weighted by atomic mass is 10.0. The summed E-state index contributed by atoms with van der Waals surface area (Å²) in [6.45, 7) is 7.42. The second-order valence-corrected chi connectivity index (χ2v) is 7.67. The van der Waals surface area contributed by atoms with Crippen molar-refractivity contribution in [3.8, 4) is 17.2 Å². The number of para-hydroxylation sites is 3. The van der Waals surface area contributed by atoms with Gasteiger partial charge in [-0.25, -0.2) is 9.59 Å². The van der Waals surface area contributed by atoms with E-state index in [1.165, 1.54) is 0 Å². The summed E-state index contributed by atoms with van der Waals surface area (Å²) in [7, 11) is 0. The Bertz CT molecular complexity index is 885. The van der Waals surface area contributed by atoms with Crippen LogP contribution in [0.25, 0.3) is 0 Å². The number of carboxylic acid groups (broad SMARTS) is 2. The standard InChI is InChI=1S/C19H23NO2.C4H4O4/c1-19(2,3)20-13-12-16-14-8-4-5-9-15(14)21-17-10-6-7-11-18(17)22-16;5-3(6)1-2-4(7)8/h4-11,16,20H,12-13H2,1-3H3;1-2H,(H,5,6)(H,7,8)/b;2-1+. The first kappa shape index (κ1) is 23.0. The number of rotatable bonds is 5. The van der Waals surface area contributed by atoms with Gasteiger partial charge in [0.15, 0.2) is 11.5 Å². The van der Waals surface area contributed by atoms with Crippen LogP contribution in [0.2, 0.25) is 0 Å². The number of hydrogen-bond donors (Lipinski definition) is 3. The van der Waals surface area contributed by atoms with Crippen LogP contribution in [0.15, 0.2) is 60.7 Å². The average molecular weight is 413 g/mol. The van der Waals surface area contributed by atoms with E-state index in [-0.39, 0.29) is 11.6 Å². The molecular formula is C23H27NO6. The number of nitrogens with one attached hydrogen (secondary N) is 1. The Morgan fingerprint density at radius 2 is 1.47 bits per heavy atom. The van der Waals surface area contributed by atoms with Crippen LogP contribution in [0.3, 0.4) is 0 Å². The Kier molecular flexibility index (Phi) is 8.00. The highest BCUT2D eigenvalue weighted by atomic mass is 16.5. The van der Waals surface area contributed by atoms with Crippen LogP contribution in [-0.4, -0.2) is 34.2 Å². The highest BCUT2D eigenvalue weighted by molar-refractivity contribution is 5.89. The molecule has 2 aromatic carbocycles. The number of carboxylic acids is 2. The molecule has 1 aliphatic rings. The lowest BCUT2D eigenvalue weighted by molar-refractivity contribution is -0.134. The minimum Gasteiger partial charge on any atom is -0.482 e. The van der Waals surface area contributed by atoms with Crippen molar-refractivity contribution in [2.75, 3.05) is 6.54 Å². The van der Waals surface area contributed by atoms with E-state index in [2.05, 4.69) is 32.2 Å². The number of carbonyl (C=O) groups is 2. The first-order valence-electron chi connectivity index (χ1n) is 9.57. The van der Waals surface area contributed by atoms with Gasteiger partial charge in [0.25, 0.3) is 0 Å². The van der Waals surface area contributed by atoms with Gasteiger partial charge in [-0.05, 0) is 45.5 Å².